The summed E-state index contributed by atoms with van der Waals surface area (Å²) in [6.07, 6.45) is 0.481. The first kappa shape index (κ1) is 13.7. The third-order valence-electron chi connectivity index (χ3n) is 1.95. The lowest BCUT2D eigenvalue weighted by Crippen LogP contribution is -2.10. The molecule has 0 fully saturated rings. The normalized spacial score (nSPS) is 11.2. The van der Waals surface area contributed by atoms with Crippen molar-refractivity contribution in [2.24, 2.45) is 5.41 Å². The Hall–Kier alpha value is -1.36. The van der Waals surface area contributed by atoms with Crippen molar-refractivity contribution in [2.75, 3.05) is 0 Å². The first-order chi connectivity index (χ1) is 7.78. The first-order valence-corrected chi connectivity index (χ1v) is 6.05. The lowest BCUT2D eigenvalue weighted by Gasteiger charge is -2.15. The highest BCUT2D eigenvalue weighted by Gasteiger charge is 2.17. The molecule has 92 valence electrons. The summed E-state index contributed by atoms with van der Waals surface area (Å²) in [5.41, 5.74) is 0.00262. The molecule has 0 unspecified atom stereocenters. The average molecular weight is 253 g/mol. The zero-order valence-electron chi connectivity index (χ0n) is 10.1. The standard InChI is InChI=1S/C12H15NO3S/c1-12(2,3)8-11(14)17-10-6-4-9(5-7-10)13(15)16/h4-7H,8H2,1-3H3. The molecule has 1 rings (SSSR count). The third-order valence-corrected chi connectivity index (χ3v) is 2.83. The second kappa shape index (κ2) is 5.31. The van der Waals surface area contributed by atoms with E-state index >= 15 is 0 Å². The molecular formula is C12H15NO3S. The molecule has 0 atom stereocenters. The molecule has 0 aliphatic rings. The minimum atomic E-state index is -0.453. The van der Waals surface area contributed by atoms with Crippen LogP contribution in [-0.2, 0) is 4.79 Å². The summed E-state index contributed by atoms with van der Waals surface area (Å²) in [6.45, 7) is 6.00. The van der Waals surface area contributed by atoms with E-state index in [1.54, 1.807) is 12.1 Å². The van der Waals surface area contributed by atoms with Crippen molar-refractivity contribution in [3.8, 4) is 0 Å². The fourth-order valence-corrected chi connectivity index (χ4v) is 2.28. The second-order valence-corrected chi connectivity index (χ2v) is 6.09. The van der Waals surface area contributed by atoms with E-state index in [2.05, 4.69) is 0 Å². The number of carbonyl (C=O) groups excluding carboxylic acids is 1. The number of carbonyl (C=O) groups is 1. The number of nitro groups is 1. The Labute approximate surface area is 105 Å². The molecule has 17 heavy (non-hydrogen) atoms. The van der Waals surface area contributed by atoms with Crippen LogP contribution in [0.5, 0.6) is 0 Å². The van der Waals surface area contributed by atoms with E-state index in [-0.39, 0.29) is 16.2 Å². The van der Waals surface area contributed by atoms with Gasteiger partial charge in [0.1, 0.15) is 0 Å². The highest BCUT2D eigenvalue weighted by atomic mass is 32.2. The van der Waals surface area contributed by atoms with Crippen molar-refractivity contribution in [2.45, 2.75) is 32.1 Å². The van der Waals surface area contributed by atoms with Crippen molar-refractivity contribution in [1.82, 2.24) is 0 Å². The van der Waals surface area contributed by atoms with Gasteiger partial charge < -0.3 is 0 Å². The number of hydrogen-bond acceptors (Lipinski definition) is 4. The number of hydrogen-bond donors (Lipinski definition) is 0. The van der Waals surface area contributed by atoms with Gasteiger partial charge in [-0.2, -0.15) is 0 Å². The lowest BCUT2D eigenvalue weighted by atomic mass is 9.93. The summed E-state index contributed by atoms with van der Waals surface area (Å²) in [7, 11) is 0. The molecule has 0 aliphatic carbocycles. The van der Waals surface area contributed by atoms with Gasteiger partial charge in [0.2, 0.25) is 0 Å². The highest BCUT2D eigenvalue weighted by Crippen LogP contribution is 2.28. The number of nitrogens with zero attached hydrogens (tertiary/aromatic N) is 1. The van der Waals surface area contributed by atoms with Gasteiger partial charge in [0, 0.05) is 23.4 Å². The molecule has 0 aromatic heterocycles. The Bertz CT molecular complexity index is 420. The number of thioether (sulfide) groups is 1. The topological polar surface area (TPSA) is 60.2 Å². The average Bonchev–Trinajstić information content (AvgIpc) is 2.15. The monoisotopic (exact) mass is 253 g/mol. The first-order valence-electron chi connectivity index (χ1n) is 5.23. The molecule has 0 radical (unpaired) electrons. The molecule has 5 heteroatoms. The Morgan fingerprint density at radius 1 is 1.29 bits per heavy atom. The SMILES string of the molecule is CC(C)(C)CC(=O)Sc1ccc([N+](=O)[O-])cc1. The van der Waals surface area contributed by atoms with E-state index in [1.807, 2.05) is 20.8 Å². The molecule has 1 aromatic carbocycles. The summed E-state index contributed by atoms with van der Waals surface area (Å²) in [5, 5.41) is 10.5. The highest BCUT2D eigenvalue weighted by molar-refractivity contribution is 8.13. The summed E-state index contributed by atoms with van der Waals surface area (Å²) >= 11 is 1.13. The van der Waals surface area contributed by atoms with Crippen molar-refractivity contribution < 1.29 is 9.72 Å². The maximum absolute atomic E-state index is 11.7. The van der Waals surface area contributed by atoms with Crippen LogP contribution >= 0.6 is 11.8 Å². The Kier molecular flexibility index (Phi) is 4.28. The van der Waals surface area contributed by atoms with Crippen LogP contribution in [0.1, 0.15) is 27.2 Å². The predicted molar refractivity (Wildman–Crippen MR) is 68.0 cm³/mol. The summed E-state index contributed by atoms with van der Waals surface area (Å²) < 4.78 is 0. The molecule has 0 bridgehead atoms. The molecule has 0 saturated heterocycles. The van der Waals surface area contributed by atoms with Crippen molar-refractivity contribution in [3.63, 3.8) is 0 Å². The molecule has 1 aromatic rings. The number of non-ortho nitro benzene ring substituents is 1. The summed E-state index contributed by atoms with van der Waals surface area (Å²) in [4.78, 5) is 22.4. The van der Waals surface area contributed by atoms with E-state index in [4.69, 9.17) is 0 Å². The minimum Gasteiger partial charge on any atom is -0.287 e. The summed E-state index contributed by atoms with van der Waals surface area (Å²) in [6, 6.07) is 6.02. The maximum Gasteiger partial charge on any atom is 0.269 e. The fourth-order valence-electron chi connectivity index (χ4n) is 1.24. The lowest BCUT2D eigenvalue weighted by molar-refractivity contribution is -0.384. The Morgan fingerprint density at radius 2 is 1.82 bits per heavy atom. The quantitative estimate of drug-likeness (QED) is 0.468. The Morgan fingerprint density at radius 3 is 2.24 bits per heavy atom. The summed E-state index contributed by atoms with van der Waals surface area (Å²) in [5.74, 6) is 0. The van der Waals surface area contributed by atoms with Crippen molar-refractivity contribution in [1.29, 1.82) is 0 Å². The number of benzene rings is 1. The van der Waals surface area contributed by atoms with E-state index in [0.717, 1.165) is 16.7 Å². The molecule has 0 N–H and O–H groups in total. The molecule has 0 heterocycles. The molecule has 4 nitrogen and oxygen atoms in total. The molecular weight excluding hydrogens is 238 g/mol. The molecule has 0 aliphatic heterocycles. The van der Waals surface area contributed by atoms with Crippen LogP contribution in [0, 0.1) is 15.5 Å². The van der Waals surface area contributed by atoms with Gasteiger partial charge >= 0.3 is 0 Å². The van der Waals surface area contributed by atoms with Gasteiger partial charge in [-0.15, -0.1) is 0 Å². The minimum absolute atomic E-state index is 0.0368. The largest absolute Gasteiger partial charge is 0.287 e. The molecule has 0 spiro atoms. The van der Waals surface area contributed by atoms with Crippen LogP contribution in [0.2, 0.25) is 0 Å². The van der Waals surface area contributed by atoms with Crippen molar-refractivity contribution >= 4 is 22.6 Å². The van der Waals surface area contributed by atoms with Crippen LogP contribution in [0.25, 0.3) is 0 Å². The molecule has 0 saturated carbocycles. The van der Waals surface area contributed by atoms with Crippen LogP contribution in [-0.4, -0.2) is 10.0 Å². The number of rotatable bonds is 3. The smallest absolute Gasteiger partial charge is 0.269 e. The van der Waals surface area contributed by atoms with Gasteiger partial charge in [0.05, 0.1) is 4.92 Å². The van der Waals surface area contributed by atoms with Crippen LogP contribution in [0.15, 0.2) is 29.2 Å². The van der Waals surface area contributed by atoms with Gasteiger partial charge in [0.15, 0.2) is 5.12 Å². The van der Waals surface area contributed by atoms with E-state index < -0.39 is 4.92 Å². The maximum atomic E-state index is 11.7. The predicted octanol–water partition coefficient (Wildman–Crippen LogP) is 3.65. The van der Waals surface area contributed by atoms with Crippen LogP contribution in [0.4, 0.5) is 5.69 Å². The van der Waals surface area contributed by atoms with E-state index in [9.17, 15) is 14.9 Å². The Balaban J connectivity index is 2.64. The van der Waals surface area contributed by atoms with E-state index in [1.165, 1.54) is 12.1 Å². The second-order valence-electron chi connectivity index (χ2n) is 4.96. The molecule has 0 amide bonds. The number of nitro benzene ring substituents is 1. The zero-order valence-corrected chi connectivity index (χ0v) is 10.9. The van der Waals surface area contributed by atoms with Gasteiger partial charge in [-0.25, -0.2) is 0 Å². The van der Waals surface area contributed by atoms with Gasteiger partial charge in [0.25, 0.3) is 5.69 Å². The van der Waals surface area contributed by atoms with Gasteiger partial charge in [-0.05, 0) is 17.5 Å². The van der Waals surface area contributed by atoms with E-state index in [0.29, 0.717) is 6.42 Å². The van der Waals surface area contributed by atoms with Crippen LogP contribution < -0.4 is 0 Å². The van der Waals surface area contributed by atoms with Crippen molar-refractivity contribution in [3.05, 3.63) is 34.4 Å². The van der Waals surface area contributed by atoms with Gasteiger partial charge in [-0.3, -0.25) is 14.9 Å². The van der Waals surface area contributed by atoms with Crippen LogP contribution in [0.3, 0.4) is 0 Å². The van der Waals surface area contributed by atoms with Gasteiger partial charge in [-0.1, -0.05) is 32.5 Å². The third kappa shape index (κ3) is 4.99. The zero-order chi connectivity index (χ0) is 13.1. The fraction of sp³-hybridized carbons (Fsp3) is 0.417.